The number of halogens is 3. The minimum Gasteiger partial charge on any atom is -0.490 e. The Bertz CT molecular complexity index is 750. The second kappa shape index (κ2) is 9.70. The predicted octanol–water partition coefficient (Wildman–Crippen LogP) is 4.78. The van der Waals surface area contributed by atoms with Crippen molar-refractivity contribution in [2.75, 3.05) is 18.5 Å². The third-order valence-electron chi connectivity index (χ3n) is 3.31. The van der Waals surface area contributed by atoms with Crippen LogP contribution in [0.4, 0.5) is 18.9 Å². The van der Waals surface area contributed by atoms with Gasteiger partial charge in [0.25, 0.3) is 0 Å². The highest BCUT2D eigenvalue weighted by molar-refractivity contribution is 5.90. The van der Waals surface area contributed by atoms with Crippen LogP contribution in [0.2, 0.25) is 0 Å². The quantitative estimate of drug-likeness (QED) is 0.633. The normalized spacial score (nSPS) is 11.0. The highest BCUT2D eigenvalue weighted by Gasteiger charge is 2.31. The van der Waals surface area contributed by atoms with Gasteiger partial charge in [0.15, 0.2) is 11.5 Å². The van der Waals surface area contributed by atoms with E-state index in [-0.39, 0.29) is 18.0 Å². The number of rotatable bonds is 9. The third kappa shape index (κ3) is 7.47. The van der Waals surface area contributed by atoms with E-state index in [1.807, 2.05) is 19.1 Å². The van der Waals surface area contributed by atoms with Crippen molar-refractivity contribution in [2.24, 2.45) is 0 Å². The van der Waals surface area contributed by atoms with Gasteiger partial charge < -0.3 is 19.5 Å². The van der Waals surface area contributed by atoms with Crippen LogP contribution < -0.4 is 19.5 Å². The van der Waals surface area contributed by atoms with E-state index in [2.05, 4.69) is 10.1 Å². The minimum absolute atomic E-state index is 0.154. The van der Waals surface area contributed by atoms with Gasteiger partial charge in [-0.05, 0) is 37.6 Å². The van der Waals surface area contributed by atoms with Crippen molar-refractivity contribution in [3.63, 3.8) is 0 Å². The molecule has 0 bridgehead atoms. The summed E-state index contributed by atoms with van der Waals surface area (Å²) in [7, 11) is 0. The largest absolute Gasteiger partial charge is 0.573 e. The number of carbonyl (C=O) groups is 1. The molecular formula is C19H20F3NO4. The molecule has 1 amide bonds. The fraction of sp³-hybridized carbons (Fsp3) is 0.316. The molecule has 27 heavy (non-hydrogen) atoms. The summed E-state index contributed by atoms with van der Waals surface area (Å²) in [6.07, 6.45) is -4.19. The van der Waals surface area contributed by atoms with E-state index in [9.17, 15) is 18.0 Å². The summed E-state index contributed by atoms with van der Waals surface area (Å²) in [5.74, 6) is 0.500. The third-order valence-corrected chi connectivity index (χ3v) is 3.31. The van der Waals surface area contributed by atoms with Crippen LogP contribution in [0.25, 0.3) is 0 Å². The van der Waals surface area contributed by atoms with Gasteiger partial charge >= 0.3 is 6.36 Å². The molecule has 2 aromatic carbocycles. The molecule has 0 aliphatic rings. The zero-order valence-electron chi connectivity index (χ0n) is 14.7. The number of para-hydroxylation sites is 2. The van der Waals surface area contributed by atoms with Gasteiger partial charge in [-0.2, -0.15) is 0 Å². The topological polar surface area (TPSA) is 56.8 Å². The molecule has 1 N–H and O–H groups in total. The number of amides is 1. The number of alkyl halides is 3. The van der Waals surface area contributed by atoms with Crippen molar-refractivity contribution >= 4 is 11.6 Å². The molecule has 146 valence electrons. The maximum atomic E-state index is 12.2. The minimum atomic E-state index is -4.78. The van der Waals surface area contributed by atoms with Crippen molar-refractivity contribution in [2.45, 2.75) is 26.1 Å². The molecule has 0 aliphatic heterocycles. The van der Waals surface area contributed by atoms with E-state index >= 15 is 0 Å². The van der Waals surface area contributed by atoms with Gasteiger partial charge in [0, 0.05) is 18.2 Å². The zero-order valence-corrected chi connectivity index (χ0v) is 14.7. The van der Waals surface area contributed by atoms with E-state index < -0.39 is 12.1 Å². The second-order valence-electron chi connectivity index (χ2n) is 5.46. The van der Waals surface area contributed by atoms with Crippen LogP contribution in [-0.2, 0) is 4.79 Å². The fourth-order valence-electron chi connectivity index (χ4n) is 2.25. The van der Waals surface area contributed by atoms with Crippen molar-refractivity contribution in [1.29, 1.82) is 0 Å². The molecule has 0 fully saturated rings. The molecule has 0 unspecified atom stereocenters. The van der Waals surface area contributed by atoms with Gasteiger partial charge in [-0.1, -0.05) is 18.2 Å². The lowest BCUT2D eigenvalue weighted by Gasteiger charge is -2.12. The predicted molar refractivity (Wildman–Crippen MR) is 94.1 cm³/mol. The Kier molecular flexibility index (Phi) is 7.34. The Balaban J connectivity index is 1.78. The van der Waals surface area contributed by atoms with Gasteiger partial charge in [-0.25, -0.2) is 0 Å². The Hall–Kier alpha value is -2.90. The highest BCUT2D eigenvalue weighted by atomic mass is 19.4. The number of hydrogen-bond acceptors (Lipinski definition) is 4. The van der Waals surface area contributed by atoms with Crippen molar-refractivity contribution < 1.29 is 32.2 Å². The van der Waals surface area contributed by atoms with Crippen LogP contribution >= 0.6 is 0 Å². The van der Waals surface area contributed by atoms with E-state index in [1.54, 1.807) is 12.1 Å². The van der Waals surface area contributed by atoms with Crippen LogP contribution in [0.15, 0.2) is 48.5 Å². The lowest BCUT2D eigenvalue weighted by Crippen LogP contribution is -2.17. The Morgan fingerprint density at radius 1 is 1.04 bits per heavy atom. The first-order valence-corrected chi connectivity index (χ1v) is 8.37. The Labute approximate surface area is 155 Å². The molecule has 0 saturated carbocycles. The number of anilines is 1. The molecule has 2 aromatic rings. The Morgan fingerprint density at radius 3 is 2.41 bits per heavy atom. The monoisotopic (exact) mass is 383 g/mol. The molecule has 0 saturated heterocycles. The number of benzene rings is 2. The summed E-state index contributed by atoms with van der Waals surface area (Å²) in [4.78, 5) is 11.9. The first-order chi connectivity index (χ1) is 12.9. The molecule has 0 radical (unpaired) electrons. The standard InChI is InChI=1S/C19H20F3NO4/c1-2-25-16-9-3-4-10-17(16)26-12-6-11-18(24)23-14-7-5-8-15(13-14)27-19(20,21)22/h3-5,7-10,13H,2,6,11-12H2,1H3,(H,23,24). The fourth-order valence-corrected chi connectivity index (χ4v) is 2.25. The maximum Gasteiger partial charge on any atom is 0.573 e. The van der Waals surface area contributed by atoms with Gasteiger partial charge in [-0.3, -0.25) is 4.79 Å². The summed E-state index contributed by atoms with van der Waals surface area (Å²) in [5.41, 5.74) is 0.226. The van der Waals surface area contributed by atoms with Crippen molar-refractivity contribution in [3.8, 4) is 17.2 Å². The van der Waals surface area contributed by atoms with Crippen molar-refractivity contribution in [3.05, 3.63) is 48.5 Å². The average Bonchev–Trinajstić information content (AvgIpc) is 2.59. The van der Waals surface area contributed by atoms with Crippen LogP contribution in [0.3, 0.4) is 0 Å². The number of hydrogen-bond donors (Lipinski definition) is 1. The van der Waals surface area contributed by atoms with Gasteiger partial charge in [0.05, 0.1) is 13.2 Å². The first-order valence-electron chi connectivity index (χ1n) is 8.37. The van der Waals surface area contributed by atoms with Crippen LogP contribution in [-0.4, -0.2) is 25.5 Å². The first kappa shape index (κ1) is 20.4. The molecule has 0 spiro atoms. The van der Waals surface area contributed by atoms with E-state index in [1.165, 1.54) is 12.1 Å². The molecule has 8 heteroatoms. The molecule has 2 rings (SSSR count). The second-order valence-corrected chi connectivity index (χ2v) is 5.46. The highest BCUT2D eigenvalue weighted by Crippen LogP contribution is 2.27. The van der Waals surface area contributed by atoms with Crippen LogP contribution in [0.5, 0.6) is 17.2 Å². The Morgan fingerprint density at radius 2 is 1.74 bits per heavy atom. The smallest absolute Gasteiger partial charge is 0.490 e. The van der Waals surface area contributed by atoms with Crippen LogP contribution in [0, 0.1) is 0 Å². The van der Waals surface area contributed by atoms with Crippen LogP contribution in [0.1, 0.15) is 19.8 Å². The summed E-state index contributed by atoms with van der Waals surface area (Å²) < 4.78 is 51.6. The molecule has 0 atom stereocenters. The van der Waals surface area contributed by atoms with E-state index in [0.717, 1.165) is 12.1 Å². The van der Waals surface area contributed by atoms with Gasteiger partial charge in [0.1, 0.15) is 5.75 Å². The van der Waals surface area contributed by atoms with E-state index in [0.29, 0.717) is 31.1 Å². The molecule has 0 aromatic heterocycles. The summed E-state index contributed by atoms with van der Waals surface area (Å²) >= 11 is 0. The summed E-state index contributed by atoms with van der Waals surface area (Å²) in [6.45, 7) is 2.69. The molecule has 5 nitrogen and oxygen atoms in total. The van der Waals surface area contributed by atoms with Gasteiger partial charge in [-0.15, -0.1) is 13.2 Å². The maximum absolute atomic E-state index is 12.2. The number of nitrogens with one attached hydrogen (secondary N) is 1. The molecule has 0 aliphatic carbocycles. The average molecular weight is 383 g/mol. The van der Waals surface area contributed by atoms with E-state index in [4.69, 9.17) is 9.47 Å². The number of ether oxygens (including phenoxy) is 3. The molecule has 0 heterocycles. The summed E-state index contributed by atoms with van der Waals surface area (Å²) in [6, 6.07) is 12.3. The summed E-state index contributed by atoms with van der Waals surface area (Å²) in [5, 5.41) is 2.53. The van der Waals surface area contributed by atoms with Gasteiger partial charge in [0.2, 0.25) is 5.91 Å². The molecular weight excluding hydrogens is 363 g/mol. The lowest BCUT2D eigenvalue weighted by atomic mass is 10.2. The zero-order chi connectivity index (χ0) is 19.7. The SMILES string of the molecule is CCOc1ccccc1OCCCC(=O)Nc1cccc(OC(F)(F)F)c1. The van der Waals surface area contributed by atoms with Crippen molar-refractivity contribution in [1.82, 2.24) is 0 Å². The lowest BCUT2D eigenvalue weighted by molar-refractivity contribution is -0.274. The number of carbonyl (C=O) groups excluding carboxylic acids is 1.